The van der Waals surface area contributed by atoms with Crippen molar-refractivity contribution in [2.24, 2.45) is 5.73 Å². The van der Waals surface area contributed by atoms with Crippen molar-refractivity contribution in [3.63, 3.8) is 0 Å². The molecule has 0 heterocycles. The van der Waals surface area contributed by atoms with Crippen LogP contribution < -0.4 is 11.1 Å². The van der Waals surface area contributed by atoms with Gasteiger partial charge in [-0.3, -0.25) is 4.79 Å². The van der Waals surface area contributed by atoms with Crippen molar-refractivity contribution in [1.29, 1.82) is 0 Å². The molecule has 0 aromatic carbocycles. The predicted molar refractivity (Wildman–Crippen MR) is 57.4 cm³/mol. The van der Waals surface area contributed by atoms with Gasteiger partial charge in [-0.05, 0) is 26.3 Å². The van der Waals surface area contributed by atoms with Crippen LogP contribution in [0.25, 0.3) is 0 Å². The summed E-state index contributed by atoms with van der Waals surface area (Å²) < 4.78 is 39.7. The number of amides is 1. The first-order valence-corrected chi connectivity index (χ1v) is 5.40. The minimum atomic E-state index is -4.31. The lowest BCUT2D eigenvalue weighted by Crippen LogP contribution is -2.53. The SMILES string of the molecule is CCNC(C)(CCCOCC(F)(F)F)C(N)=O. The Morgan fingerprint density at radius 1 is 1.41 bits per heavy atom. The van der Waals surface area contributed by atoms with E-state index in [2.05, 4.69) is 10.1 Å². The highest BCUT2D eigenvalue weighted by Gasteiger charge is 2.30. The molecule has 0 aliphatic rings. The highest BCUT2D eigenvalue weighted by Crippen LogP contribution is 2.16. The van der Waals surface area contributed by atoms with Crippen molar-refractivity contribution >= 4 is 5.91 Å². The minimum absolute atomic E-state index is 0.0478. The fourth-order valence-electron chi connectivity index (χ4n) is 1.40. The van der Waals surface area contributed by atoms with Crippen LogP contribution in [0.3, 0.4) is 0 Å². The third kappa shape index (κ3) is 7.17. The Kier molecular flexibility index (Phi) is 6.48. The van der Waals surface area contributed by atoms with Gasteiger partial charge in [-0.25, -0.2) is 0 Å². The summed E-state index contributed by atoms with van der Waals surface area (Å²) >= 11 is 0. The van der Waals surface area contributed by atoms with E-state index in [0.29, 0.717) is 19.4 Å². The Labute approximate surface area is 98.7 Å². The molecule has 0 fully saturated rings. The summed E-state index contributed by atoms with van der Waals surface area (Å²) in [6, 6.07) is 0. The van der Waals surface area contributed by atoms with Crippen LogP contribution in [0, 0.1) is 0 Å². The zero-order valence-electron chi connectivity index (χ0n) is 10.1. The van der Waals surface area contributed by atoms with E-state index in [1.54, 1.807) is 6.92 Å². The van der Waals surface area contributed by atoms with Crippen LogP contribution in [0.2, 0.25) is 0 Å². The second kappa shape index (κ2) is 6.80. The highest BCUT2D eigenvalue weighted by atomic mass is 19.4. The molecule has 3 N–H and O–H groups in total. The molecule has 0 saturated heterocycles. The van der Waals surface area contributed by atoms with Gasteiger partial charge in [0.05, 0.1) is 5.54 Å². The van der Waals surface area contributed by atoms with Gasteiger partial charge in [-0.15, -0.1) is 0 Å². The van der Waals surface area contributed by atoms with Gasteiger partial charge in [-0.2, -0.15) is 13.2 Å². The molecule has 0 spiro atoms. The topological polar surface area (TPSA) is 64.3 Å². The summed E-state index contributed by atoms with van der Waals surface area (Å²) in [5, 5.41) is 2.91. The van der Waals surface area contributed by atoms with Crippen molar-refractivity contribution in [3.05, 3.63) is 0 Å². The van der Waals surface area contributed by atoms with Gasteiger partial charge >= 0.3 is 6.18 Å². The number of carbonyl (C=O) groups is 1. The van der Waals surface area contributed by atoms with Gasteiger partial charge in [0, 0.05) is 6.61 Å². The number of halogens is 3. The number of likely N-dealkylation sites (N-methyl/N-ethyl adjacent to an activating group) is 1. The quantitative estimate of drug-likeness (QED) is 0.641. The summed E-state index contributed by atoms with van der Waals surface area (Å²) in [5.74, 6) is -0.518. The average Bonchev–Trinajstić information content (AvgIpc) is 2.15. The lowest BCUT2D eigenvalue weighted by molar-refractivity contribution is -0.174. The van der Waals surface area contributed by atoms with Crippen LogP contribution in [0.4, 0.5) is 13.2 Å². The standard InChI is InChI=1S/C10H19F3N2O2/c1-3-15-9(2,8(14)16)5-4-6-17-7-10(11,12)13/h15H,3-7H2,1-2H3,(H2,14,16). The highest BCUT2D eigenvalue weighted by molar-refractivity contribution is 5.84. The molecule has 4 nitrogen and oxygen atoms in total. The van der Waals surface area contributed by atoms with Gasteiger partial charge in [-0.1, -0.05) is 6.92 Å². The van der Waals surface area contributed by atoms with E-state index in [1.807, 2.05) is 6.92 Å². The van der Waals surface area contributed by atoms with Crippen molar-refractivity contribution in [3.8, 4) is 0 Å². The smallest absolute Gasteiger partial charge is 0.372 e. The Morgan fingerprint density at radius 2 is 2.00 bits per heavy atom. The van der Waals surface area contributed by atoms with E-state index in [-0.39, 0.29) is 6.61 Å². The van der Waals surface area contributed by atoms with E-state index in [1.165, 1.54) is 0 Å². The largest absolute Gasteiger partial charge is 0.411 e. The molecule has 0 aromatic heterocycles. The van der Waals surface area contributed by atoms with E-state index >= 15 is 0 Å². The number of hydrogen-bond donors (Lipinski definition) is 2. The number of alkyl halides is 3. The molecular weight excluding hydrogens is 237 g/mol. The normalized spacial score (nSPS) is 15.6. The summed E-state index contributed by atoms with van der Waals surface area (Å²) in [4.78, 5) is 11.2. The third-order valence-electron chi connectivity index (χ3n) is 2.34. The molecule has 0 rings (SSSR count). The maximum Gasteiger partial charge on any atom is 0.411 e. The van der Waals surface area contributed by atoms with Crippen molar-refractivity contribution < 1.29 is 22.7 Å². The Morgan fingerprint density at radius 3 is 2.41 bits per heavy atom. The Bertz CT molecular complexity index is 246. The first-order valence-electron chi connectivity index (χ1n) is 5.40. The molecule has 0 radical (unpaired) electrons. The van der Waals surface area contributed by atoms with Crippen LogP contribution in [0.15, 0.2) is 0 Å². The van der Waals surface area contributed by atoms with Crippen LogP contribution in [-0.4, -0.2) is 37.4 Å². The summed E-state index contributed by atoms with van der Waals surface area (Å²) in [6.07, 6.45) is -3.63. The Hall–Kier alpha value is -0.820. The fraction of sp³-hybridized carbons (Fsp3) is 0.900. The second-order valence-electron chi connectivity index (χ2n) is 4.00. The number of rotatable bonds is 8. The van der Waals surface area contributed by atoms with Crippen LogP contribution >= 0.6 is 0 Å². The first-order chi connectivity index (χ1) is 7.71. The molecule has 1 amide bonds. The van der Waals surface area contributed by atoms with Crippen LogP contribution in [0.5, 0.6) is 0 Å². The minimum Gasteiger partial charge on any atom is -0.372 e. The predicted octanol–water partition coefficient (Wildman–Crippen LogP) is 1.20. The van der Waals surface area contributed by atoms with Gasteiger partial charge < -0.3 is 15.8 Å². The molecular formula is C10H19F3N2O2. The van der Waals surface area contributed by atoms with E-state index in [4.69, 9.17) is 5.73 Å². The van der Waals surface area contributed by atoms with Crippen LogP contribution in [0.1, 0.15) is 26.7 Å². The maximum absolute atomic E-state index is 11.8. The lowest BCUT2D eigenvalue weighted by atomic mass is 9.95. The molecule has 7 heteroatoms. The molecule has 0 aromatic rings. The van der Waals surface area contributed by atoms with Gasteiger partial charge in [0.25, 0.3) is 0 Å². The maximum atomic E-state index is 11.8. The molecule has 0 aliphatic heterocycles. The van der Waals surface area contributed by atoms with E-state index in [9.17, 15) is 18.0 Å². The first kappa shape index (κ1) is 16.2. The molecule has 1 atom stereocenters. The summed E-state index contributed by atoms with van der Waals surface area (Å²) in [7, 11) is 0. The fourth-order valence-corrected chi connectivity index (χ4v) is 1.40. The van der Waals surface area contributed by atoms with E-state index < -0.39 is 24.2 Å². The van der Waals surface area contributed by atoms with Crippen molar-refractivity contribution in [2.75, 3.05) is 19.8 Å². The summed E-state index contributed by atoms with van der Waals surface area (Å²) in [6.45, 7) is 2.70. The number of carbonyl (C=O) groups excluding carboxylic acids is 1. The van der Waals surface area contributed by atoms with Crippen molar-refractivity contribution in [1.82, 2.24) is 5.32 Å². The van der Waals surface area contributed by atoms with Gasteiger partial charge in [0.2, 0.25) is 5.91 Å². The molecule has 0 saturated carbocycles. The molecule has 1 unspecified atom stereocenters. The lowest BCUT2D eigenvalue weighted by Gasteiger charge is -2.26. The second-order valence-corrected chi connectivity index (χ2v) is 4.00. The number of nitrogens with one attached hydrogen (secondary N) is 1. The number of ether oxygens (including phenoxy) is 1. The molecule has 0 aliphatic carbocycles. The number of nitrogens with two attached hydrogens (primary N) is 1. The number of primary amides is 1. The zero-order valence-corrected chi connectivity index (χ0v) is 10.1. The molecule has 102 valence electrons. The molecule has 17 heavy (non-hydrogen) atoms. The van der Waals surface area contributed by atoms with Gasteiger partial charge in [0.1, 0.15) is 6.61 Å². The summed E-state index contributed by atoms with van der Waals surface area (Å²) in [5.41, 5.74) is 4.33. The zero-order chi connectivity index (χ0) is 13.5. The van der Waals surface area contributed by atoms with Crippen molar-refractivity contribution in [2.45, 2.75) is 38.4 Å². The van der Waals surface area contributed by atoms with Crippen LogP contribution in [-0.2, 0) is 9.53 Å². The van der Waals surface area contributed by atoms with E-state index in [0.717, 1.165) is 0 Å². The Balaban J connectivity index is 3.88. The van der Waals surface area contributed by atoms with Gasteiger partial charge in [0.15, 0.2) is 0 Å². The monoisotopic (exact) mass is 256 g/mol. The third-order valence-corrected chi connectivity index (χ3v) is 2.34. The molecule has 0 bridgehead atoms. The number of hydrogen-bond acceptors (Lipinski definition) is 3. The average molecular weight is 256 g/mol.